The van der Waals surface area contributed by atoms with Gasteiger partial charge in [0.05, 0.1) is 12.8 Å². The van der Waals surface area contributed by atoms with Gasteiger partial charge in [-0.1, -0.05) is 6.07 Å². The summed E-state index contributed by atoms with van der Waals surface area (Å²) >= 11 is 0. The van der Waals surface area contributed by atoms with Crippen molar-refractivity contribution in [2.24, 2.45) is 0 Å². The van der Waals surface area contributed by atoms with Crippen LogP contribution in [0.5, 0.6) is 5.75 Å². The maximum absolute atomic E-state index is 12.5. The van der Waals surface area contributed by atoms with Crippen LogP contribution in [-0.2, 0) is 17.6 Å². The maximum atomic E-state index is 12.5. The second-order valence-electron chi connectivity index (χ2n) is 6.48. The Labute approximate surface area is 146 Å². The molecule has 0 unspecified atom stereocenters. The van der Waals surface area contributed by atoms with Crippen molar-refractivity contribution >= 4 is 23.2 Å². The Bertz CT molecular complexity index is 843. The molecule has 25 heavy (non-hydrogen) atoms. The molecule has 0 saturated heterocycles. The van der Waals surface area contributed by atoms with Crippen molar-refractivity contribution in [1.29, 1.82) is 0 Å². The van der Waals surface area contributed by atoms with E-state index < -0.39 is 0 Å². The van der Waals surface area contributed by atoms with Crippen LogP contribution in [0.15, 0.2) is 36.4 Å². The molecule has 0 radical (unpaired) electrons. The number of ether oxygens (including phenoxy) is 1. The Morgan fingerprint density at radius 1 is 1.12 bits per heavy atom. The molecule has 2 aromatic rings. The summed E-state index contributed by atoms with van der Waals surface area (Å²) in [5.74, 6) is 0.703. The number of benzene rings is 2. The molecule has 2 heterocycles. The lowest BCUT2D eigenvalue weighted by atomic mass is 9.91. The minimum Gasteiger partial charge on any atom is -0.497 e. The number of aryl methyl sites for hydroxylation is 2. The fraction of sp³-hybridized carbons (Fsp3) is 0.300. The normalized spacial score (nSPS) is 15.6. The zero-order valence-electron chi connectivity index (χ0n) is 14.2. The van der Waals surface area contributed by atoms with Gasteiger partial charge < -0.3 is 15.0 Å². The van der Waals surface area contributed by atoms with Gasteiger partial charge in [-0.3, -0.25) is 9.59 Å². The van der Waals surface area contributed by atoms with E-state index in [9.17, 15) is 9.59 Å². The highest BCUT2D eigenvalue weighted by Crippen LogP contribution is 2.38. The predicted octanol–water partition coefficient (Wildman–Crippen LogP) is 3.17. The molecule has 0 saturated carbocycles. The zero-order valence-corrected chi connectivity index (χ0v) is 14.2. The van der Waals surface area contributed by atoms with E-state index in [0.717, 1.165) is 48.3 Å². The summed E-state index contributed by atoms with van der Waals surface area (Å²) in [6.45, 7) is 0.800. The van der Waals surface area contributed by atoms with Crippen molar-refractivity contribution < 1.29 is 14.3 Å². The molecule has 0 aliphatic carbocycles. The Morgan fingerprint density at radius 3 is 2.72 bits per heavy atom. The molecule has 0 fully saturated rings. The lowest BCUT2D eigenvalue weighted by molar-refractivity contribution is -0.119. The third-order valence-electron chi connectivity index (χ3n) is 4.86. The number of amides is 2. The number of hydrogen-bond acceptors (Lipinski definition) is 3. The average molecular weight is 336 g/mol. The molecule has 1 N–H and O–H groups in total. The monoisotopic (exact) mass is 336 g/mol. The van der Waals surface area contributed by atoms with Crippen LogP contribution in [0.25, 0.3) is 0 Å². The van der Waals surface area contributed by atoms with Crippen LogP contribution in [0, 0.1) is 0 Å². The fourth-order valence-corrected chi connectivity index (χ4v) is 3.69. The zero-order chi connectivity index (χ0) is 17.4. The molecule has 0 spiro atoms. The molecular formula is C20H20N2O3. The van der Waals surface area contributed by atoms with Gasteiger partial charge in [-0.05, 0) is 60.7 Å². The van der Waals surface area contributed by atoms with Crippen LogP contribution in [0.2, 0.25) is 0 Å². The van der Waals surface area contributed by atoms with Crippen molar-refractivity contribution in [3.05, 3.63) is 53.1 Å². The number of rotatable bonds is 3. The summed E-state index contributed by atoms with van der Waals surface area (Å²) in [7, 11) is 1.58. The Morgan fingerprint density at radius 2 is 1.92 bits per heavy atom. The Balaban J connectivity index is 1.64. The summed E-state index contributed by atoms with van der Waals surface area (Å²) in [5, 5.41) is 2.99. The van der Waals surface area contributed by atoms with Crippen LogP contribution in [-0.4, -0.2) is 25.5 Å². The third-order valence-corrected chi connectivity index (χ3v) is 4.86. The van der Waals surface area contributed by atoms with Crippen molar-refractivity contribution in [3.63, 3.8) is 0 Å². The first kappa shape index (κ1) is 15.7. The summed E-state index contributed by atoms with van der Waals surface area (Å²) in [6, 6.07) is 11.1. The topological polar surface area (TPSA) is 58.6 Å². The highest BCUT2D eigenvalue weighted by molar-refractivity contribution is 6.05. The highest BCUT2D eigenvalue weighted by atomic mass is 16.5. The summed E-state index contributed by atoms with van der Waals surface area (Å²) < 4.78 is 5.18. The van der Waals surface area contributed by atoms with Gasteiger partial charge in [0.1, 0.15) is 5.75 Å². The smallest absolute Gasteiger partial charge is 0.255 e. The van der Waals surface area contributed by atoms with Crippen LogP contribution < -0.4 is 15.0 Å². The van der Waals surface area contributed by atoms with Crippen molar-refractivity contribution in [3.8, 4) is 5.75 Å². The predicted molar refractivity (Wildman–Crippen MR) is 96.4 cm³/mol. The highest BCUT2D eigenvalue weighted by Gasteiger charge is 2.29. The van der Waals surface area contributed by atoms with Gasteiger partial charge in [0, 0.05) is 24.2 Å². The van der Waals surface area contributed by atoms with E-state index >= 15 is 0 Å². The number of carbonyl (C=O) groups excluding carboxylic acids is 2. The van der Waals surface area contributed by atoms with Crippen molar-refractivity contribution in [1.82, 2.24) is 0 Å². The molecule has 5 heteroatoms. The van der Waals surface area contributed by atoms with Crippen LogP contribution in [0.4, 0.5) is 11.4 Å². The SMILES string of the molecule is COc1cccc(C(=O)Nc2cc3c4c(c2)CCC(=O)N4CCC3)c1. The molecule has 4 rings (SSSR count). The number of nitrogens with one attached hydrogen (secondary N) is 1. The van der Waals surface area contributed by atoms with E-state index in [1.165, 1.54) is 0 Å². The molecule has 2 aliphatic heterocycles. The maximum Gasteiger partial charge on any atom is 0.255 e. The molecule has 0 bridgehead atoms. The lowest BCUT2D eigenvalue weighted by Crippen LogP contribution is -2.39. The fourth-order valence-electron chi connectivity index (χ4n) is 3.69. The minimum absolute atomic E-state index is 0.161. The van der Waals surface area contributed by atoms with Crippen molar-refractivity contribution in [2.75, 3.05) is 23.9 Å². The number of hydrogen-bond donors (Lipinski definition) is 1. The van der Waals surface area contributed by atoms with E-state index in [1.54, 1.807) is 25.3 Å². The van der Waals surface area contributed by atoms with E-state index in [-0.39, 0.29) is 11.8 Å². The van der Waals surface area contributed by atoms with Gasteiger partial charge in [0.25, 0.3) is 5.91 Å². The Hall–Kier alpha value is -2.82. The van der Waals surface area contributed by atoms with E-state index in [1.807, 2.05) is 23.1 Å². The molecule has 2 aromatic carbocycles. The molecule has 128 valence electrons. The van der Waals surface area contributed by atoms with Crippen LogP contribution in [0.1, 0.15) is 34.3 Å². The third kappa shape index (κ3) is 2.86. The number of methoxy groups -OCH3 is 1. The second-order valence-corrected chi connectivity index (χ2v) is 6.48. The number of anilines is 2. The Kier molecular flexibility index (Phi) is 3.92. The van der Waals surface area contributed by atoms with E-state index in [4.69, 9.17) is 4.74 Å². The molecule has 5 nitrogen and oxygen atoms in total. The van der Waals surface area contributed by atoms with E-state index in [2.05, 4.69) is 5.32 Å². The number of carbonyl (C=O) groups is 2. The number of nitrogens with zero attached hydrogens (tertiary/aromatic N) is 1. The average Bonchev–Trinajstić information content (AvgIpc) is 2.64. The first-order chi connectivity index (χ1) is 12.2. The second kappa shape index (κ2) is 6.24. The van der Waals surface area contributed by atoms with Gasteiger partial charge in [0.2, 0.25) is 5.91 Å². The van der Waals surface area contributed by atoms with Crippen LogP contribution >= 0.6 is 0 Å². The summed E-state index contributed by atoms with van der Waals surface area (Å²) in [6.07, 6.45) is 3.18. The molecule has 2 aliphatic rings. The first-order valence-corrected chi connectivity index (χ1v) is 8.57. The van der Waals surface area contributed by atoms with Gasteiger partial charge in [0.15, 0.2) is 0 Å². The minimum atomic E-state index is -0.161. The first-order valence-electron chi connectivity index (χ1n) is 8.57. The van der Waals surface area contributed by atoms with Gasteiger partial charge in [-0.15, -0.1) is 0 Å². The lowest BCUT2D eigenvalue weighted by Gasteiger charge is -2.35. The quantitative estimate of drug-likeness (QED) is 0.936. The van der Waals surface area contributed by atoms with Gasteiger partial charge in [-0.25, -0.2) is 0 Å². The van der Waals surface area contributed by atoms with E-state index in [0.29, 0.717) is 17.7 Å². The molecule has 2 amide bonds. The summed E-state index contributed by atoms with van der Waals surface area (Å²) in [4.78, 5) is 26.6. The molecule has 0 aromatic heterocycles. The van der Waals surface area contributed by atoms with Crippen LogP contribution in [0.3, 0.4) is 0 Å². The van der Waals surface area contributed by atoms with Gasteiger partial charge >= 0.3 is 0 Å². The largest absolute Gasteiger partial charge is 0.497 e. The van der Waals surface area contributed by atoms with Crippen molar-refractivity contribution in [2.45, 2.75) is 25.7 Å². The molecular weight excluding hydrogens is 316 g/mol. The molecule has 0 atom stereocenters. The standard InChI is InChI=1S/C20H20N2O3/c1-25-17-6-2-4-15(12-17)20(24)21-16-10-13-5-3-9-22-18(23)8-7-14(11-16)19(13)22/h2,4,6,10-12H,3,5,7-9H2,1H3,(H,21,24). The summed E-state index contributed by atoms with van der Waals surface area (Å²) in [5.41, 5.74) is 4.72. The van der Waals surface area contributed by atoms with Gasteiger partial charge in [-0.2, -0.15) is 0 Å².